The molecule has 1 aliphatic heterocycles. The predicted molar refractivity (Wildman–Crippen MR) is 111 cm³/mol. The van der Waals surface area contributed by atoms with Crippen LogP contribution in [0.25, 0.3) is 0 Å². The number of amides is 1. The zero-order valence-electron chi connectivity index (χ0n) is 17.8. The average molecular weight is 408 g/mol. The SMILES string of the molecule is Cc1c(C)c(C)c(S(=O)(=O)N2CCN(CC(=O)NCC3CC3)CC2)c(C)c1C. The smallest absolute Gasteiger partial charge is 0.243 e. The second-order valence-electron chi connectivity index (χ2n) is 8.38. The standard InChI is InChI=1S/C21H33N3O3S/c1-14-15(2)17(4)21(18(5)16(14)3)28(26,27)24-10-8-23(9-11-24)13-20(25)22-12-19-6-7-19/h19H,6-13H2,1-5H3,(H,22,25). The van der Waals surface area contributed by atoms with Crippen molar-refractivity contribution in [2.75, 3.05) is 39.3 Å². The molecule has 1 N–H and O–H groups in total. The molecule has 0 radical (unpaired) electrons. The van der Waals surface area contributed by atoms with Gasteiger partial charge in [-0.25, -0.2) is 8.42 Å². The Morgan fingerprint density at radius 3 is 1.89 bits per heavy atom. The summed E-state index contributed by atoms with van der Waals surface area (Å²) in [7, 11) is -3.54. The van der Waals surface area contributed by atoms with E-state index in [1.54, 1.807) is 4.31 Å². The van der Waals surface area contributed by atoms with Crippen molar-refractivity contribution in [1.29, 1.82) is 0 Å². The molecule has 1 aliphatic carbocycles. The van der Waals surface area contributed by atoms with Gasteiger partial charge in [-0.1, -0.05) is 0 Å². The Balaban J connectivity index is 1.67. The minimum Gasteiger partial charge on any atom is -0.355 e. The van der Waals surface area contributed by atoms with Crippen LogP contribution in [0.3, 0.4) is 0 Å². The average Bonchev–Trinajstić information content (AvgIpc) is 3.48. The van der Waals surface area contributed by atoms with Crippen LogP contribution in [-0.2, 0) is 14.8 Å². The molecule has 0 unspecified atom stereocenters. The van der Waals surface area contributed by atoms with Crippen LogP contribution < -0.4 is 5.32 Å². The van der Waals surface area contributed by atoms with E-state index in [9.17, 15) is 13.2 Å². The molecule has 2 aliphatic rings. The van der Waals surface area contributed by atoms with Crippen LogP contribution in [-0.4, -0.2) is 62.8 Å². The number of sulfonamides is 1. The van der Waals surface area contributed by atoms with E-state index in [-0.39, 0.29) is 5.91 Å². The number of hydrogen-bond acceptors (Lipinski definition) is 4. The van der Waals surface area contributed by atoms with Gasteiger partial charge in [0.25, 0.3) is 0 Å². The van der Waals surface area contributed by atoms with Gasteiger partial charge in [0.05, 0.1) is 11.4 Å². The van der Waals surface area contributed by atoms with E-state index in [0.29, 0.717) is 43.5 Å². The molecule has 1 saturated heterocycles. The third kappa shape index (κ3) is 4.26. The summed E-state index contributed by atoms with van der Waals surface area (Å²) < 4.78 is 28.4. The molecule has 2 fully saturated rings. The molecular weight excluding hydrogens is 374 g/mol. The quantitative estimate of drug-likeness (QED) is 0.784. The summed E-state index contributed by atoms with van der Waals surface area (Å²) in [5.74, 6) is 0.707. The number of nitrogens with zero attached hydrogens (tertiary/aromatic N) is 2. The third-order valence-corrected chi connectivity index (χ3v) is 8.69. The molecule has 1 aromatic carbocycles. The summed E-state index contributed by atoms with van der Waals surface area (Å²) in [6, 6.07) is 0. The van der Waals surface area contributed by atoms with Crippen molar-refractivity contribution in [2.45, 2.75) is 52.4 Å². The van der Waals surface area contributed by atoms with Crippen molar-refractivity contribution in [3.05, 3.63) is 27.8 Å². The molecule has 1 aromatic rings. The van der Waals surface area contributed by atoms with Crippen molar-refractivity contribution in [2.24, 2.45) is 5.92 Å². The first-order valence-corrected chi connectivity index (χ1v) is 11.6. The minimum absolute atomic E-state index is 0.0414. The van der Waals surface area contributed by atoms with E-state index >= 15 is 0 Å². The third-order valence-electron chi connectivity index (χ3n) is 6.51. The number of carbonyl (C=O) groups excluding carboxylic acids is 1. The van der Waals surface area contributed by atoms with Crippen molar-refractivity contribution >= 4 is 15.9 Å². The first-order valence-electron chi connectivity index (χ1n) is 10.2. The molecule has 0 atom stereocenters. The summed E-state index contributed by atoms with van der Waals surface area (Å²) in [5, 5.41) is 2.98. The maximum absolute atomic E-state index is 13.4. The van der Waals surface area contributed by atoms with Gasteiger partial charge < -0.3 is 5.32 Å². The second kappa shape index (κ2) is 8.13. The van der Waals surface area contributed by atoms with Gasteiger partial charge in [-0.3, -0.25) is 9.69 Å². The van der Waals surface area contributed by atoms with Crippen LogP contribution in [0, 0.1) is 40.5 Å². The molecule has 1 heterocycles. The van der Waals surface area contributed by atoms with Crippen molar-refractivity contribution in [1.82, 2.24) is 14.5 Å². The largest absolute Gasteiger partial charge is 0.355 e. The Morgan fingerprint density at radius 1 is 0.893 bits per heavy atom. The van der Waals surface area contributed by atoms with Gasteiger partial charge in [0.1, 0.15) is 0 Å². The van der Waals surface area contributed by atoms with Crippen LogP contribution in [0.5, 0.6) is 0 Å². The molecule has 7 heteroatoms. The van der Waals surface area contributed by atoms with Crippen molar-refractivity contribution < 1.29 is 13.2 Å². The highest BCUT2D eigenvalue weighted by Crippen LogP contribution is 2.32. The number of rotatable bonds is 6. The van der Waals surface area contributed by atoms with Crippen LogP contribution in [0.15, 0.2) is 4.90 Å². The van der Waals surface area contributed by atoms with Crippen LogP contribution in [0.4, 0.5) is 0 Å². The lowest BCUT2D eigenvalue weighted by atomic mass is 9.95. The summed E-state index contributed by atoms with van der Waals surface area (Å²) in [5.41, 5.74) is 4.96. The molecule has 1 saturated carbocycles. The van der Waals surface area contributed by atoms with Gasteiger partial charge >= 0.3 is 0 Å². The molecule has 3 rings (SSSR count). The molecule has 1 amide bonds. The number of hydrogen-bond donors (Lipinski definition) is 1. The molecular formula is C21H33N3O3S. The summed E-state index contributed by atoms with van der Waals surface area (Å²) in [6.45, 7) is 13.0. The Hall–Kier alpha value is -1.44. The summed E-state index contributed by atoms with van der Waals surface area (Å²) in [4.78, 5) is 14.6. The summed E-state index contributed by atoms with van der Waals surface area (Å²) in [6.07, 6.45) is 2.43. The number of piperazine rings is 1. The molecule has 0 spiro atoms. The Bertz CT molecular complexity index is 838. The van der Waals surface area contributed by atoms with Gasteiger partial charge in [-0.15, -0.1) is 0 Å². The van der Waals surface area contributed by atoms with Gasteiger partial charge in [0, 0.05) is 32.7 Å². The number of nitrogens with one attached hydrogen (secondary N) is 1. The Kier molecular flexibility index (Phi) is 6.17. The normalized spacial score (nSPS) is 19.0. The van der Waals surface area contributed by atoms with Crippen LogP contribution in [0.1, 0.15) is 40.7 Å². The number of benzene rings is 1. The fourth-order valence-corrected chi connectivity index (χ4v) is 5.93. The number of carbonyl (C=O) groups is 1. The van der Waals surface area contributed by atoms with Crippen LogP contribution >= 0.6 is 0 Å². The Labute approximate surface area is 169 Å². The second-order valence-corrected chi connectivity index (χ2v) is 10.3. The molecule has 156 valence electrons. The zero-order valence-corrected chi connectivity index (χ0v) is 18.6. The Morgan fingerprint density at radius 2 is 1.39 bits per heavy atom. The van der Waals surface area contributed by atoms with Crippen molar-refractivity contribution in [3.63, 3.8) is 0 Å². The zero-order chi connectivity index (χ0) is 20.6. The highest BCUT2D eigenvalue weighted by molar-refractivity contribution is 7.89. The van der Waals surface area contributed by atoms with E-state index in [1.807, 2.05) is 39.5 Å². The fourth-order valence-electron chi connectivity index (χ4n) is 3.95. The molecule has 0 aromatic heterocycles. The van der Waals surface area contributed by atoms with Crippen molar-refractivity contribution in [3.8, 4) is 0 Å². The van der Waals surface area contributed by atoms with Gasteiger partial charge in [-0.05, 0) is 81.2 Å². The maximum Gasteiger partial charge on any atom is 0.243 e. The van der Waals surface area contributed by atoms with E-state index in [0.717, 1.165) is 34.4 Å². The lowest BCUT2D eigenvalue weighted by Gasteiger charge is -2.34. The van der Waals surface area contributed by atoms with Gasteiger partial charge in [0.15, 0.2) is 0 Å². The predicted octanol–water partition coefficient (Wildman–Crippen LogP) is 2.06. The molecule has 28 heavy (non-hydrogen) atoms. The minimum atomic E-state index is -3.54. The first kappa shape index (κ1) is 21.3. The summed E-state index contributed by atoms with van der Waals surface area (Å²) >= 11 is 0. The van der Waals surface area contributed by atoms with Gasteiger partial charge in [0.2, 0.25) is 15.9 Å². The van der Waals surface area contributed by atoms with Crippen LogP contribution in [0.2, 0.25) is 0 Å². The monoisotopic (exact) mass is 407 g/mol. The molecule has 0 bridgehead atoms. The first-order chi connectivity index (χ1) is 13.1. The molecule has 6 nitrogen and oxygen atoms in total. The lowest BCUT2D eigenvalue weighted by molar-refractivity contribution is -0.122. The highest BCUT2D eigenvalue weighted by atomic mass is 32.2. The van der Waals surface area contributed by atoms with E-state index in [4.69, 9.17) is 0 Å². The van der Waals surface area contributed by atoms with E-state index in [2.05, 4.69) is 5.32 Å². The fraction of sp³-hybridized carbons (Fsp3) is 0.667. The van der Waals surface area contributed by atoms with E-state index < -0.39 is 10.0 Å². The topological polar surface area (TPSA) is 69.7 Å². The maximum atomic E-state index is 13.4. The van der Waals surface area contributed by atoms with Gasteiger partial charge in [-0.2, -0.15) is 4.31 Å². The van der Waals surface area contributed by atoms with E-state index in [1.165, 1.54) is 12.8 Å². The highest BCUT2D eigenvalue weighted by Gasteiger charge is 2.32. The lowest BCUT2D eigenvalue weighted by Crippen LogP contribution is -2.51.